The van der Waals surface area contributed by atoms with E-state index in [1.807, 2.05) is 0 Å². The van der Waals surface area contributed by atoms with Crippen molar-refractivity contribution in [3.05, 3.63) is 58.5 Å². The van der Waals surface area contributed by atoms with Crippen LogP contribution in [0.5, 0.6) is 11.5 Å². The summed E-state index contributed by atoms with van der Waals surface area (Å²) in [5, 5.41) is 7.21. The largest absolute Gasteiger partial charge is 0.497 e. The SMILES string of the molecule is C=CC(=O)N1CCC(n2cc(C#Cc3cc(OC)cc(OC)c3)c3c(N)n[nH]c3c2=O)C1. The van der Waals surface area contributed by atoms with Gasteiger partial charge in [-0.05, 0) is 24.6 Å². The van der Waals surface area contributed by atoms with Crippen molar-refractivity contribution in [2.45, 2.75) is 12.5 Å². The first-order valence-corrected chi connectivity index (χ1v) is 10.00. The predicted octanol–water partition coefficient (Wildman–Crippen LogP) is 1.68. The van der Waals surface area contributed by atoms with Gasteiger partial charge in [-0.25, -0.2) is 0 Å². The summed E-state index contributed by atoms with van der Waals surface area (Å²) in [6, 6.07) is 5.15. The number of pyridine rings is 1. The Bertz CT molecular complexity index is 1310. The summed E-state index contributed by atoms with van der Waals surface area (Å²) in [5.74, 6) is 7.48. The van der Waals surface area contributed by atoms with Crippen LogP contribution in [0.25, 0.3) is 10.9 Å². The standard InChI is InChI=1S/C23H23N5O4/c1-4-19(29)27-8-7-16(13-27)28-12-15(20-21(23(28)30)25-26-22(20)24)6-5-14-9-17(31-2)11-18(10-14)32-3/h4,9-12,16H,1,7-8,13H2,2-3H3,(H3,24,25,26). The number of ether oxygens (including phenoxy) is 2. The average Bonchev–Trinajstić information content (AvgIpc) is 3.45. The van der Waals surface area contributed by atoms with Crippen molar-refractivity contribution in [3.8, 4) is 23.3 Å². The van der Waals surface area contributed by atoms with Crippen LogP contribution in [0.15, 0.2) is 41.8 Å². The molecular formula is C23H23N5O4. The van der Waals surface area contributed by atoms with Crippen molar-refractivity contribution >= 4 is 22.6 Å². The lowest BCUT2D eigenvalue weighted by molar-refractivity contribution is -0.125. The van der Waals surface area contributed by atoms with Gasteiger partial charge in [0.15, 0.2) is 5.82 Å². The van der Waals surface area contributed by atoms with Crippen molar-refractivity contribution < 1.29 is 14.3 Å². The number of nitrogen functional groups attached to an aromatic ring is 1. The number of carbonyl (C=O) groups is 1. The van der Waals surface area contributed by atoms with Gasteiger partial charge in [0.05, 0.1) is 31.2 Å². The summed E-state index contributed by atoms with van der Waals surface area (Å²) in [6.45, 7) is 4.50. The summed E-state index contributed by atoms with van der Waals surface area (Å²) in [6.07, 6.45) is 3.62. The summed E-state index contributed by atoms with van der Waals surface area (Å²) >= 11 is 0. The Morgan fingerprint density at radius 1 is 1.28 bits per heavy atom. The normalized spacial score (nSPS) is 15.3. The van der Waals surface area contributed by atoms with E-state index in [2.05, 4.69) is 28.6 Å². The minimum atomic E-state index is -0.254. The number of nitrogens with one attached hydrogen (secondary N) is 1. The van der Waals surface area contributed by atoms with E-state index in [-0.39, 0.29) is 28.8 Å². The van der Waals surface area contributed by atoms with Crippen molar-refractivity contribution in [2.75, 3.05) is 33.0 Å². The highest BCUT2D eigenvalue weighted by Gasteiger charge is 2.28. The number of hydrogen-bond donors (Lipinski definition) is 2. The number of benzene rings is 1. The molecule has 1 saturated heterocycles. The van der Waals surface area contributed by atoms with E-state index in [0.717, 1.165) is 0 Å². The fourth-order valence-electron chi connectivity index (χ4n) is 3.86. The van der Waals surface area contributed by atoms with E-state index in [1.54, 1.807) is 48.1 Å². The molecule has 1 aliphatic heterocycles. The van der Waals surface area contributed by atoms with Crippen LogP contribution in [0.3, 0.4) is 0 Å². The maximum atomic E-state index is 13.1. The zero-order chi connectivity index (χ0) is 22.8. The van der Waals surface area contributed by atoms with Gasteiger partial charge in [-0.15, -0.1) is 0 Å². The Labute approximate surface area is 184 Å². The van der Waals surface area contributed by atoms with Crippen molar-refractivity contribution in [1.29, 1.82) is 0 Å². The lowest BCUT2D eigenvalue weighted by atomic mass is 10.1. The highest BCUT2D eigenvalue weighted by molar-refractivity contribution is 5.93. The second-order valence-electron chi connectivity index (χ2n) is 7.40. The number of likely N-dealkylation sites (tertiary alicyclic amines) is 1. The van der Waals surface area contributed by atoms with Crippen molar-refractivity contribution in [3.63, 3.8) is 0 Å². The maximum absolute atomic E-state index is 13.1. The molecular weight excluding hydrogens is 410 g/mol. The minimum Gasteiger partial charge on any atom is -0.497 e. The lowest BCUT2D eigenvalue weighted by Gasteiger charge is -2.16. The molecule has 3 heterocycles. The van der Waals surface area contributed by atoms with Crippen LogP contribution in [0.4, 0.5) is 5.82 Å². The van der Waals surface area contributed by atoms with Crippen LogP contribution in [0.1, 0.15) is 23.6 Å². The number of nitrogens with zero attached hydrogens (tertiary/aromatic N) is 3. The smallest absolute Gasteiger partial charge is 0.276 e. The molecule has 3 aromatic rings. The molecule has 1 amide bonds. The highest BCUT2D eigenvalue weighted by atomic mass is 16.5. The van der Waals surface area contributed by atoms with Gasteiger partial charge in [-0.2, -0.15) is 5.10 Å². The van der Waals surface area contributed by atoms with E-state index in [1.165, 1.54) is 6.08 Å². The molecule has 0 radical (unpaired) electrons. The Kier molecular flexibility index (Phi) is 5.60. The van der Waals surface area contributed by atoms with E-state index < -0.39 is 0 Å². The molecule has 0 bridgehead atoms. The molecule has 3 N–H and O–H groups in total. The molecule has 164 valence electrons. The molecule has 1 unspecified atom stereocenters. The topological polar surface area (TPSA) is 115 Å². The van der Waals surface area contributed by atoms with Crippen LogP contribution in [-0.4, -0.2) is 52.9 Å². The second kappa shape index (κ2) is 8.51. The van der Waals surface area contributed by atoms with E-state index in [4.69, 9.17) is 15.2 Å². The van der Waals surface area contributed by atoms with E-state index in [9.17, 15) is 9.59 Å². The third-order valence-electron chi connectivity index (χ3n) is 5.52. The molecule has 4 rings (SSSR count). The zero-order valence-electron chi connectivity index (χ0n) is 17.8. The number of fused-ring (bicyclic) bond motifs is 1. The molecule has 9 nitrogen and oxygen atoms in total. The fraction of sp³-hybridized carbons (Fsp3) is 0.261. The van der Waals surface area contributed by atoms with Crippen LogP contribution < -0.4 is 20.8 Å². The van der Waals surface area contributed by atoms with Crippen molar-refractivity contribution in [2.24, 2.45) is 0 Å². The fourth-order valence-corrected chi connectivity index (χ4v) is 3.86. The van der Waals surface area contributed by atoms with Crippen LogP contribution in [-0.2, 0) is 4.79 Å². The quantitative estimate of drug-likeness (QED) is 0.478. The Morgan fingerprint density at radius 3 is 2.66 bits per heavy atom. The third kappa shape index (κ3) is 3.78. The molecule has 9 heteroatoms. The van der Waals surface area contributed by atoms with Gasteiger partial charge in [0.1, 0.15) is 17.0 Å². The molecule has 32 heavy (non-hydrogen) atoms. The van der Waals surface area contributed by atoms with Gasteiger partial charge in [0.2, 0.25) is 5.91 Å². The molecule has 1 aliphatic rings. The van der Waals surface area contributed by atoms with Crippen LogP contribution in [0, 0.1) is 11.8 Å². The number of methoxy groups -OCH3 is 2. The molecule has 1 atom stereocenters. The van der Waals surface area contributed by atoms with Gasteiger partial charge in [0, 0.05) is 30.9 Å². The van der Waals surface area contributed by atoms with Gasteiger partial charge in [-0.1, -0.05) is 18.4 Å². The van der Waals surface area contributed by atoms with Crippen LogP contribution in [0.2, 0.25) is 0 Å². The third-order valence-corrected chi connectivity index (χ3v) is 5.52. The molecule has 1 aromatic carbocycles. The number of anilines is 1. The summed E-state index contributed by atoms with van der Waals surface area (Å²) in [4.78, 5) is 26.7. The molecule has 0 saturated carbocycles. The Balaban J connectivity index is 1.80. The number of hydrogen-bond acceptors (Lipinski definition) is 6. The van der Waals surface area contributed by atoms with E-state index >= 15 is 0 Å². The summed E-state index contributed by atoms with van der Waals surface area (Å²) in [5.41, 5.74) is 7.29. The monoisotopic (exact) mass is 433 g/mol. The first-order chi connectivity index (χ1) is 15.4. The summed E-state index contributed by atoms with van der Waals surface area (Å²) < 4.78 is 12.2. The van der Waals surface area contributed by atoms with E-state index in [0.29, 0.717) is 47.5 Å². The van der Waals surface area contributed by atoms with Gasteiger partial charge >= 0.3 is 0 Å². The number of amides is 1. The first-order valence-electron chi connectivity index (χ1n) is 10.00. The molecule has 1 fully saturated rings. The number of aromatic amines is 1. The summed E-state index contributed by atoms with van der Waals surface area (Å²) in [7, 11) is 3.14. The highest BCUT2D eigenvalue weighted by Crippen LogP contribution is 2.26. The second-order valence-corrected chi connectivity index (χ2v) is 7.40. The number of aromatic nitrogens is 3. The maximum Gasteiger partial charge on any atom is 0.276 e. The van der Waals surface area contributed by atoms with Gasteiger partial charge in [0.25, 0.3) is 5.56 Å². The number of H-pyrrole nitrogens is 1. The predicted molar refractivity (Wildman–Crippen MR) is 121 cm³/mol. The van der Waals surface area contributed by atoms with Gasteiger partial charge in [-0.3, -0.25) is 14.7 Å². The Hall–Kier alpha value is -4.19. The lowest BCUT2D eigenvalue weighted by Crippen LogP contribution is -2.30. The molecule has 0 aliphatic carbocycles. The first kappa shape index (κ1) is 21.1. The van der Waals surface area contributed by atoms with Gasteiger partial charge < -0.3 is 24.7 Å². The molecule has 0 spiro atoms. The number of carbonyl (C=O) groups excluding carboxylic acids is 1. The minimum absolute atomic E-state index is 0.153. The molecule has 2 aromatic heterocycles. The zero-order valence-corrected chi connectivity index (χ0v) is 17.8. The van der Waals surface area contributed by atoms with Crippen molar-refractivity contribution in [1.82, 2.24) is 19.7 Å². The van der Waals surface area contributed by atoms with Crippen LogP contribution >= 0.6 is 0 Å². The number of nitrogens with two attached hydrogens (primary N) is 1. The number of rotatable bonds is 4. The average molecular weight is 433 g/mol. The Morgan fingerprint density at radius 2 is 2.00 bits per heavy atom.